The molecule has 2 aromatic carbocycles. The maximum atomic E-state index is 12.8. The van der Waals surface area contributed by atoms with Gasteiger partial charge in [0.2, 0.25) is 15.9 Å². The minimum atomic E-state index is -3.80. The normalized spacial score (nSPS) is 12.4. The molecule has 0 spiro atoms. The van der Waals surface area contributed by atoms with Gasteiger partial charge in [0, 0.05) is 29.9 Å². The SMILES string of the molecule is COc1ccc(-n2ncc([C@H](C)NS(=O)(=O)c3cccc(NC(C)=O)c3)c2C)cc1. The Hall–Kier alpha value is -3.17. The van der Waals surface area contributed by atoms with Crippen LogP contribution in [0, 0.1) is 6.92 Å². The molecule has 1 aromatic heterocycles. The zero-order valence-electron chi connectivity index (χ0n) is 17.2. The van der Waals surface area contributed by atoms with Crippen LogP contribution >= 0.6 is 0 Å². The number of anilines is 1. The van der Waals surface area contributed by atoms with Gasteiger partial charge in [-0.05, 0) is 56.3 Å². The van der Waals surface area contributed by atoms with Crippen molar-refractivity contribution in [1.29, 1.82) is 0 Å². The van der Waals surface area contributed by atoms with Crippen molar-refractivity contribution < 1.29 is 17.9 Å². The molecule has 30 heavy (non-hydrogen) atoms. The lowest BCUT2D eigenvalue weighted by Crippen LogP contribution is -2.27. The molecular weight excluding hydrogens is 404 g/mol. The van der Waals surface area contributed by atoms with E-state index in [0.717, 1.165) is 22.7 Å². The van der Waals surface area contributed by atoms with Crippen molar-refractivity contribution in [2.75, 3.05) is 12.4 Å². The van der Waals surface area contributed by atoms with Crippen LogP contribution in [0.5, 0.6) is 5.75 Å². The Labute approximate surface area is 175 Å². The zero-order chi connectivity index (χ0) is 21.9. The van der Waals surface area contributed by atoms with Crippen LogP contribution in [0.25, 0.3) is 5.69 Å². The number of carbonyl (C=O) groups excluding carboxylic acids is 1. The number of ether oxygens (including phenoxy) is 1. The molecule has 0 saturated heterocycles. The van der Waals surface area contributed by atoms with E-state index in [1.165, 1.54) is 19.1 Å². The highest BCUT2D eigenvalue weighted by Gasteiger charge is 2.22. The first-order valence-corrected chi connectivity index (χ1v) is 10.8. The second-order valence-corrected chi connectivity index (χ2v) is 8.56. The van der Waals surface area contributed by atoms with Crippen LogP contribution in [0.4, 0.5) is 5.69 Å². The van der Waals surface area contributed by atoms with Gasteiger partial charge in [0.25, 0.3) is 0 Å². The van der Waals surface area contributed by atoms with Gasteiger partial charge in [-0.1, -0.05) is 6.07 Å². The summed E-state index contributed by atoms with van der Waals surface area (Å²) in [6, 6.07) is 13.0. The van der Waals surface area contributed by atoms with Crippen molar-refractivity contribution in [2.24, 2.45) is 0 Å². The van der Waals surface area contributed by atoms with E-state index in [1.807, 2.05) is 31.2 Å². The summed E-state index contributed by atoms with van der Waals surface area (Å²) in [4.78, 5) is 11.3. The maximum Gasteiger partial charge on any atom is 0.241 e. The van der Waals surface area contributed by atoms with E-state index in [4.69, 9.17) is 4.74 Å². The molecular formula is C21H24N4O4S. The van der Waals surface area contributed by atoms with Crippen molar-refractivity contribution in [3.63, 3.8) is 0 Å². The Morgan fingerprint density at radius 2 is 1.87 bits per heavy atom. The molecule has 0 radical (unpaired) electrons. The first-order chi connectivity index (χ1) is 14.2. The molecule has 9 heteroatoms. The molecule has 158 valence electrons. The van der Waals surface area contributed by atoms with E-state index < -0.39 is 16.1 Å². The van der Waals surface area contributed by atoms with Crippen LogP contribution in [-0.2, 0) is 14.8 Å². The van der Waals surface area contributed by atoms with Gasteiger partial charge in [-0.3, -0.25) is 4.79 Å². The van der Waals surface area contributed by atoms with E-state index >= 15 is 0 Å². The molecule has 0 fully saturated rings. The number of nitrogens with one attached hydrogen (secondary N) is 2. The third kappa shape index (κ3) is 4.69. The van der Waals surface area contributed by atoms with E-state index in [9.17, 15) is 13.2 Å². The standard InChI is InChI=1S/C21H24N4O4S/c1-14(24-30(27,28)20-7-5-6-17(12-20)23-16(3)26)21-13-22-25(15(21)2)18-8-10-19(29-4)11-9-18/h5-14,24H,1-4H3,(H,23,26)/t14-/m0/s1. The van der Waals surface area contributed by atoms with E-state index in [2.05, 4.69) is 15.1 Å². The Morgan fingerprint density at radius 1 is 1.17 bits per heavy atom. The average Bonchev–Trinajstić information content (AvgIpc) is 3.09. The fourth-order valence-corrected chi connectivity index (χ4v) is 4.41. The smallest absolute Gasteiger partial charge is 0.241 e. The van der Waals surface area contributed by atoms with Crippen molar-refractivity contribution in [3.8, 4) is 11.4 Å². The van der Waals surface area contributed by atoms with Gasteiger partial charge in [-0.15, -0.1) is 0 Å². The largest absolute Gasteiger partial charge is 0.497 e. The Bertz CT molecular complexity index is 1150. The summed E-state index contributed by atoms with van der Waals surface area (Å²) in [5.41, 5.74) is 2.84. The van der Waals surface area contributed by atoms with Crippen LogP contribution in [0.1, 0.15) is 31.1 Å². The van der Waals surface area contributed by atoms with Gasteiger partial charge in [0.15, 0.2) is 0 Å². The van der Waals surface area contributed by atoms with Gasteiger partial charge >= 0.3 is 0 Å². The lowest BCUT2D eigenvalue weighted by atomic mass is 10.1. The molecule has 1 heterocycles. The number of hydrogen-bond donors (Lipinski definition) is 2. The second-order valence-electron chi connectivity index (χ2n) is 6.85. The van der Waals surface area contributed by atoms with E-state index in [-0.39, 0.29) is 10.8 Å². The molecule has 3 rings (SSSR count). The van der Waals surface area contributed by atoms with Crippen LogP contribution in [0.3, 0.4) is 0 Å². The summed E-state index contributed by atoms with van der Waals surface area (Å²) < 4.78 is 35.3. The number of nitrogens with zero attached hydrogens (tertiary/aromatic N) is 2. The molecule has 3 aromatic rings. The third-order valence-corrected chi connectivity index (χ3v) is 6.17. The number of sulfonamides is 1. The fourth-order valence-electron chi connectivity index (χ4n) is 3.14. The first kappa shape index (κ1) is 21.5. The summed E-state index contributed by atoms with van der Waals surface area (Å²) >= 11 is 0. The van der Waals surface area contributed by atoms with Gasteiger partial charge < -0.3 is 10.1 Å². The minimum absolute atomic E-state index is 0.0702. The Kier molecular flexibility index (Phi) is 6.23. The lowest BCUT2D eigenvalue weighted by Gasteiger charge is -2.15. The molecule has 8 nitrogen and oxygen atoms in total. The lowest BCUT2D eigenvalue weighted by molar-refractivity contribution is -0.114. The van der Waals surface area contributed by atoms with Gasteiger partial charge in [0.05, 0.1) is 23.9 Å². The summed E-state index contributed by atoms with van der Waals surface area (Å²) in [6.07, 6.45) is 1.65. The Balaban J connectivity index is 1.82. The van der Waals surface area contributed by atoms with Crippen molar-refractivity contribution in [3.05, 3.63) is 66.0 Å². The van der Waals surface area contributed by atoms with Crippen molar-refractivity contribution >= 4 is 21.6 Å². The number of rotatable bonds is 7. The number of hydrogen-bond acceptors (Lipinski definition) is 5. The quantitative estimate of drug-likeness (QED) is 0.602. The van der Waals surface area contributed by atoms with Crippen molar-refractivity contribution in [1.82, 2.24) is 14.5 Å². The van der Waals surface area contributed by atoms with Gasteiger partial charge in [-0.25, -0.2) is 17.8 Å². The summed E-state index contributed by atoms with van der Waals surface area (Å²) in [7, 11) is -2.20. The molecule has 0 saturated carbocycles. The monoisotopic (exact) mass is 428 g/mol. The fraction of sp³-hybridized carbons (Fsp3) is 0.238. The number of aromatic nitrogens is 2. The van der Waals surface area contributed by atoms with E-state index in [1.54, 1.807) is 37.0 Å². The van der Waals surface area contributed by atoms with Gasteiger partial charge in [0.1, 0.15) is 5.75 Å². The molecule has 1 amide bonds. The number of methoxy groups -OCH3 is 1. The predicted molar refractivity (Wildman–Crippen MR) is 114 cm³/mol. The molecule has 1 atom stereocenters. The second kappa shape index (κ2) is 8.68. The van der Waals surface area contributed by atoms with Crippen LogP contribution in [0.2, 0.25) is 0 Å². The Morgan fingerprint density at radius 3 is 2.50 bits per heavy atom. The number of benzene rings is 2. The molecule has 0 aliphatic carbocycles. The zero-order valence-corrected chi connectivity index (χ0v) is 18.0. The maximum absolute atomic E-state index is 12.8. The summed E-state index contributed by atoms with van der Waals surface area (Å²) in [5.74, 6) is 0.471. The van der Waals surface area contributed by atoms with Crippen molar-refractivity contribution in [2.45, 2.75) is 31.7 Å². The van der Waals surface area contributed by atoms with Crippen LogP contribution < -0.4 is 14.8 Å². The summed E-state index contributed by atoms with van der Waals surface area (Å²) in [6.45, 7) is 5.01. The minimum Gasteiger partial charge on any atom is -0.497 e. The third-order valence-electron chi connectivity index (χ3n) is 4.63. The average molecular weight is 429 g/mol. The van der Waals surface area contributed by atoms with Crippen LogP contribution in [0.15, 0.2) is 59.6 Å². The van der Waals surface area contributed by atoms with Gasteiger partial charge in [-0.2, -0.15) is 5.10 Å². The highest BCUT2D eigenvalue weighted by Crippen LogP contribution is 2.24. The highest BCUT2D eigenvalue weighted by atomic mass is 32.2. The molecule has 2 N–H and O–H groups in total. The molecule has 0 aliphatic heterocycles. The number of amides is 1. The first-order valence-electron chi connectivity index (χ1n) is 9.30. The predicted octanol–water partition coefficient (Wildman–Crippen LogP) is 3.19. The molecule has 0 unspecified atom stereocenters. The highest BCUT2D eigenvalue weighted by molar-refractivity contribution is 7.89. The van der Waals surface area contributed by atoms with E-state index in [0.29, 0.717) is 5.69 Å². The van der Waals surface area contributed by atoms with Crippen LogP contribution in [-0.4, -0.2) is 31.2 Å². The topological polar surface area (TPSA) is 102 Å². The number of carbonyl (C=O) groups is 1. The summed E-state index contributed by atoms with van der Waals surface area (Å²) in [5, 5.41) is 6.99. The molecule has 0 bridgehead atoms. The molecule has 0 aliphatic rings.